The molecule has 0 atom stereocenters. The predicted octanol–water partition coefficient (Wildman–Crippen LogP) is 1.45. The molecule has 7 nitrogen and oxygen atoms in total. The van der Waals surface area contributed by atoms with Gasteiger partial charge < -0.3 is 15.5 Å². The molecule has 1 aromatic heterocycles. The van der Waals surface area contributed by atoms with Gasteiger partial charge in [-0.2, -0.15) is 5.10 Å². The van der Waals surface area contributed by atoms with Gasteiger partial charge in [-0.05, 0) is 47.7 Å². The second-order valence-electron chi connectivity index (χ2n) is 5.91. The Morgan fingerprint density at radius 2 is 2.12 bits per heavy atom. The number of aromatic nitrogens is 2. The summed E-state index contributed by atoms with van der Waals surface area (Å²) in [5.41, 5.74) is 1.95. The number of likely N-dealkylation sites (N-methyl/N-ethyl adjacent to an activating group) is 1. The van der Waals surface area contributed by atoms with E-state index in [1.807, 2.05) is 37.2 Å². The van der Waals surface area contributed by atoms with Crippen LogP contribution in [0.25, 0.3) is 0 Å². The maximum atomic E-state index is 12.2. The fraction of sp³-hybridized carbons (Fsp3) is 0.353. The van der Waals surface area contributed by atoms with Crippen LogP contribution in [0.5, 0.6) is 0 Å². The van der Waals surface area contributed by atoms with E-state index in [4.69, 9.17) is 0 Å². The first-order chi connectivity index (χ1) is 11.9. The van der Waals surface area contributed by atoms with Crippen molar-refractivity contribution in [2.75, 3.05) is 32.5 Å². The molecule has 0 saturated heterocycles. The van der Waals surface area contributed by atoms with Gasteiger partial charge in [-0.15, -0.1) is 0 Å². The number of rotatable bonds is 7. The highest BCUT2D eigenvalue weighted by atomic mass is 79.9. The van der Waals surface area contributed by atoms with Gasteiger partial charge in [-0.3, -0.25) is 9.59 Å². The van der Waals surface area contributed by atoms with E-state index in [2.05, 4.69) is 31.7 Å². The second kappa shape index (κ2) is 8.77. The van der Waals surface area contributed by atoms with Crippen LogP contribution in [0.15, 0.2) is 39.7 Å². The second-order valence-corrected chi connectivity index (χ2v) is 6.71. The third-order valence-corrected chi connectivity index (χ3v) is 4.36. The van der Waals surface area contributed by atoms with Crippen LogP contribution in [0.4, 0.5) is 5.69 Å². The normalized spacial score (nSPS) is 10.8. The van der Waals surface area contributed by atoms with E-state index in [0.717, 1.165) is 12.1 Å². The standard InChI is InChI=1S/C17H22BrN5O2/c1-22(2)8-7-19-16(24)13-6-4-5-12(9-13)10-20-14-11-21-23(3)17(25)15(14)18/h4-6,9,11,20H,7-8,10H2,1-3H3,(H,19,24). The van der Waals surface area contributed by atoms with E-state index in [0.29, 0.717) is 28.8 Å². The van der Waals surface area contributed by atoms with Gasteiger partial charge in [0, 0.05) is 32.2 Å². The summed E-state index contributed by atoms with van der Waals surface area (Å²) in [6, 6.07) is 7.38. The van der Waals surface area contributed by atoms with Crippen molar-refractivity contribution in [1.82, 2.24) is 20.0 Å². The molecule has 1 heterocycles. The van der Waals surface area contributed by atoms with Crippen LogP contribution < -0.4 is 16.2 Å². The van der Waals surface area contributed by atoms with E-state index < -0.39 is 0 Å². The number of hydrogen-bond acceptors (Lipinski definition) is 5. The largest absolute Gasteiger partial charge is 0.379 e. The van der Waals surface area contributed by atoms with Gasteiger partial charge in [0.25, 0.3) is 11.5 Å². The molecule has 0 fully saturated rings. The van der Waals surface area contributed by atoms with Crippen LogP contribution in [0.1, 0.15) is 15.9 Å². The molecule has 2 N–H and O–H groups in total. The zero-order valence-corrected chi connectivity index (χ0v) is 16.1. The highest BCUT2D eigenvalue weighted by molar-refractivity contribution is 9.10. The van der Waals surface area contributed by atoms with Crippen molar-refractivity contribution in [3.63, 3.8) is 0 Å². The number of nitrogens with zero attached hydrogens (tertiary/aromatic N) is 3. The van der Waals surface area contributed by atoms with Gasteiger partial charge in [-0.25, -0.2) is 4.68 Å². The molecule has 0 bridgehead atoms. The van der Waals surface area contributed by atoms with Crippen LogP contribution in [0.3, 0.4) is 0 Å². The fourth-order valence-corrected chi connectivity index (χ4v) is 2.65. The van der Waals surface area contributed by atoms with Gasteiger partial charge in [0.1, 0.15) is 4.47 Å². The lowest BCUT2D eigenvalue weighted by Gasteiger charge is -2.12. The van der Waals surface area contributed by atoms with Crippen LogP contribution in [0, 0.1) is 0 Å². The summed E-state index contributed by atoms with van der Waals surface area (Å²) in [5, 5.41) is 10.0. The molecule has 2 aromatic rings. The van der Waals surface area contributed by atoms with Crippen molar-refractivity contribution in [1.29, 1.82) is 0 Å². The maximum absolute atomic E-state index is 12.2. The molecule has 0 saturated carbocycles. The maximum Gasteiger partial charge on any atom is 0.282 e. The summed E-state index contributed by atoms with van der Waals surface area (Å²) in [4.78, 5) is 26.0. The Morgan fingerprint density at radius 1 is 1.36 bits per heavy atom. The number of hydrogen-bond donors (Lipinski definition) is 2. The Labute approximate surface area is 155 Å². The van der Waals surface area contributed by atoms with Gasteiger partial charge >= 0.3 is 0 Å². The number of benzene rings is 1. The quantitative estimate of drug-likeness (QED) is 0.725. The number of halogens is 1. The van der Waals surface area contributed by atoms with E-state index in [9.17, 15) is 9.59 Å². The minimum atomic E-state index is -0.209. The summed E-state index contributed by atoms with van der Waals surface area (Å²) in [5.74, 6) is -0.0971. The Bertz CT molecular complexity index is 804. The SMILES string of the molecule is CN(C)CCNC(=O)c1cccc(CNc2cnn(C)c(=O)c2Br)c1. The average molecular weight is 408 g/mol. The molecular weight excluding hydrogens is 386 g/mol. The van der Waals surface area contributed by atoms with Crippen molar-refractivity contribution in [2.24, 2.45) is 7.05 Å². The molecule has 2 rings (SSSR count). The Kier molecular flexibility index (Phi) is 6.72. The van der Waals surface area contributed by atoms with Crippen LogP contribution in [-0.2, 0) is 13.6 Å². The first-order valence-corrected chi connectivity index (χ1v) is 8.65. The highest BCUT2D eigenvalue weighted by Gasteiger charge is 2.08. The van der Waals surface area contributed by atoms with Crippen molar-refractivity contribution >= 4 is 27.5 Å². The van der Waals surface area contributed by atoms with E-state index in [1.165, 1.54) is 4.68 Å². The summed E-state index contributed by atoms with van der Waals surface area (Å²) in [6.45, 7) is 1.86. The molecule has 0 aliphatic carbocycles. The lowest BCUT2D eigenvalue weighted by atomic mass is 10.1. The minimum absolute atomic E-state index is 0.0971. The third kappa shape index (κ3) is 5.40. The predicted molar refractivity (Wildman–Crippen MR) is 102 cm³/mol. The van der Waals surface area contributed by atoms with Crippen molar-refractivity contribution < 1.29 is 4.79 Å². The molecule has 1 amide bonds. The molecule has 1 aromatic carbocycles. The van der Waals surface area contributed by atoms with Crippen molar-refractivity contribution in [3.8, 4) is 0 Å². The third-order valence-electron chi connectivity index (χ3n) is 3.59. The summed E-state index contributed by atoms with van der Waals surface area (Å²) in [7, 11) is 5.51. The number of carbonyl (C=O) groups is 1. The summed E-state index contributed by atoms with van der Waals surface area (Å²) >= 11 is 3.28. The summed E-state index contributed by atoms with van der Waals surface area (Å²) in [6.07, 6.45) is 1.59. The minimum Gasteiger partial charge on any atom is -0.379 e. The smallest absolute Gasteiger partial charge is 0.282 e. The number of amides is 1. The lowest BCUT2D eigenvalue weighted by molar-refractivity contribution is 0.0951. The molecule has 0 spiro atoms. The van der Waals surface area contributed by atoms with Crippen LogP contribution >= 0.6 is 15.9 Å². The monoisotopic (exact) mass is 407 g/mol. The zero-order chi connectivity index (χ0) is 18.4. The Balaban J connectivity index is 2.01. The van der Waals surface area contributed by atoms with Crippen LogP contribution in [0.2, 0.25) is 0 Å². The molecule has 0 aliphatic heterocycles. The molecular formula is C17H22BrN5O2. The fourth-order valence-electron chi connectivity index (χ4n) is 2.15. The number of carbonyl (C=O) groups excluding carboxylic acids is 1. The van der Waals surface area contributed by atoms with Gasteiger partial charge in [0.2, 0.25) is 0 Å². The number of nitrogens with one attached hydrogen (secondary N) is 2. The molecule has 0 radical (unpaired) electrons. The first kappa shape index (κ1) is 19.1. The van der Waals surface area contributed by atoms with Gasteiger partial charge in [0.15, 0.2) is 0 Å². The van der Waals surface area contributed by atoms with E-state index >= 15 is 0 Å². The number of anilines is 1. The number of aryl methyl sites for hydroxylation is 1. The summed E-state index contributed by atoms with van der Waals surface area (Å²) < 4.78 is 1.69. The van der Waals surface area contributed by atoms with Crippen molar-refractivity contribution in [3.05, 3.63) is 56.4 Å². The molecule has 8 heteroatoms. The Morgan fingerprint density at radius 3 is 2.84 bits per heavy atom. The Hall–Kier alpha value is -2.19. The topological polar surface area (TPSA) is 79.3 Å². The first-order valence-electron chi connectivity index (χ1n) is 7.86. The zero-order valence-electron chi connectivity index (χ0n) is 14.5. The van der Waals surface area contributed by atoms with Gasteiger partial charge in [-0.1, -0.05) is 12.1 Å². The molecule has 25 heavy (non-hydrogen) atoms. The van der Waals surface area contributed by atoms with E-state index in [-0.39, 0.29) is 11.5 Å². The average Bonchev–Trinajstić information content (AvgIpc) is 2.59. The lowest BCUT2D eigenvalue weighted by Crippen LogP contribution is -2.31. The highest BCUT2D eigenvalue weighted by Crippen LogP contribution is 2.17. The molecule has 0 aliphatic rings. The molecule has 0 unspecified atom stereocenters. The van der Waals surface area contributed by atoms with Gasteiger partial charge in [0.05, 0.1) is 11.9 Å². The molecule has 134 valence electrons. The van der Waals surface area contributed by atoms with E-state index in [1.54, 1.807) is 19.3 Å². The van der Waals surface area contributed by atoms with Crippen molar-refractivity contribution in [2.45, 2.75) is 6.54 Å². The van der Waals surface area contributed by atoms with Crippen LogP contribution in [-0.4, -0.2) is 47.8 Å².